The predicted octanol–water partition coefficient (Wildman–Crippen LogP) is 2.81. The van der Waals surface area contributed by atoms with E-state index < -0.39 is 5.97 Å². The maximum atomic E-state index is 12.7. The van der Waals surface area contributed by atoms with Gasteiger partial charge < -0.3 is 20.6 Å². The van der Waals surface area contributed by atoms with Gasteiger partial charge in [-0.3, -0.25) is 5.10 Å². The number of aromatic nitrogens is 5. The van der Waals surface area contributed by atoms with Crippen LogP contribution in [0.5, 0.6) is 0 Å². The lowest BCUT2D eigenvalue weighted by Gasteiger charge is -2.25. The lowest BCUT2D eigenvalue weighted by atomic mass is 10.0. The molecule has 0 bridgehead atoms. The molecule has 0 spiro atoms. The molecule has 0 unspecified atom stereocenters. The van der Waals surface area contributed by atoms with Crippen molar-refractivity contribution in [1.82, 2.24) is 35.6 Å². The Morgan fingerprint density at radius 2 is 1.82 bits per heavy atom. The zero-order valence-electron chi connectivity index (χ0n) is 20.5. The van der Waals surface area contributed by atoms with Gasteiger partial charge in [-0.15, -0.1) is 5.10 Å². The highest BCUT2D eigenvalue weighted by Crippen LogP contribution is 2.25. The van der Waals surface area contributed by atoms with Gasteiger partial charge in [-0.2, -0.15) is 0 Å². The smallest absolute Gasteiger partial charge is 0.335 e. The minimum Gasteiger partial charge on any atom is -0.478 e. The molecule has 1 aliphatic carbocycles. The lowest BCUT2D eigenvalue weighted by Crippen LogP contribution is -2.42. The highest BCUT2D eigenvalue weighted by atomic mass is 16.4. The van der Waals surface area contributed by atoms with E-state index in [0.717, 1.165) is 24.2 Å². The van der Waals surface area contributed by atoms with Gasteiger partial charge in [0, 0.05) is 43.5 Å². The molecule has 2 aromatic heterocycles. The molecular formula is C27H26N8O3. The number of urea groups is 1. The predicted molar refractivity (Wildman–Crippen MR) is 138 cm³/mol. The van der Waals surface area contributed by atoms with Crippen LogP contribution in [0, 0.1) is 0 Å². The van der Waals surface area contributed by atoms with Crippen LogP contribution in [0.2, 0.25) is 0 Å². The summed E-state index contributed by atoms with van der Waals surface area (Å²) >= 11 is 0. The van der Waals surface area contributed by atoms with Crippen LogP contribution in [0.25, 0.3) is 11.1 Å². The van der Waals surface area contributed by atoms with Crippen molar-refractivity contribution in [3.05, 3.63) is 88.5 Å². The molecule has 0 fully saturated rings. The van der Waals surface area contributed by atoms with Crippen LogP contribution in [0.1, 0.15) is 38.4 Å². The summed E-state index contributed by atoms with van der Waals surface area (Å²) < 4.78 is 0. The van der Waals surface area contributed by atoms with Crippen molar-refractivity contribution in [3.8, 4) is 11.1 Å². The summed E-state index contributed by atoms with van der Waals surface area (Å²) in [6.45, 7) is 1.11. The number of hydrogen-bond donors (Lipinski definition) is 4. The maximum Gasteiger partial charge on any atom is 0.335 e. The molecule has 11 heteroatoms. The first-order valence-electron chi connectivity index (χ1n) is 12.5. The molecule has 2 aromatic carbocycles. The third-order valence-corrected chi connectivity index (χ3v) is 7.02. The minimum atomic E-state index is -1.05. The molecule has 11 nitrogen and oxygen atoms in total. The summed E-state index contributed by atoms with van der Waals surface area (Å²) in [5, 5.41) is 26.6. The molecule has 0 saturated heterocycles. The Morgan fingerprint density at radius 1 is 1.05 bits per heavy atom. The van der Waals surface area contributed by atoms with Gasteiger partial charge in [0.15, 0.2) is 0 Å². The Morgan fingerprint density at radius 3 is 2.55 bits per heavy atom. The van der Waals surface area contributed by atoms with Crippen LogP contribution >= 0.6 is 0 Å². The fourth-order valence-electron chi connectivity index (χ4n) is 5.05. The van der Waals surface area contributed by atoms with E-state index in [0.29, 0.717) is 42.1 Å². The number of amides is 2. The minimum absolute atomic E-state index is 0.128. The van der Waals surface area contributed by atoms with Crippen molar-refractivity contribution in [3.63, 3.8) is 0 Å². The normalized spacial score (nSPS) is 14.6. The SMILES string of the molecule is O=C(O)c1cc(CNC(=O)N2CCc3[nH]nnc3C2)cc(-c2cnc(NC3Cc4ccccc4C3)nc2)c1. The van der Waals surface area contributed by atoms with E-state index in [1.165, 1.54) is 11.1 Å². The zero-order chi connectivity index (χ0) is 26.1. The Labute approximate surface area is 218 Å². The second kappa shape index (κ2) is 9.92. The van der Waals surface area contributed by atoms with Gasteiger partial charge in [0.1, 0.15) is 5.69 Å². The van der Waals surface area contributed by atoms with Gasteiger partial charge in [0.05, 0.1) is 17.8 Å². The monoisotopic (exact) mass is 510 g/mol. The van der Waals surface area contributed by atoms with Gasteiger partial charge in [-0.05, 0) is 53.3 Å². The molecule has 3 heterocycles. The number of nitrogens with one attached hydrogen (secondary N) is 3. The molecule has 0 radical (unpaired) electrons. The third kappa shape index (κ3) is 4.90. The highest BCUT2D eigenvalue weighted by Gasteiger charge is 2.23. The number of carbonyl (C=O) groups is 2. The van der Waals surface area contributed by atoms with Crippen molar-refractivity contribution in [2.75, 3.05) is 11.9 Å². The van der Waals surface area contributed by atoms with Crippen molar-refractivity contribution in [1.29, 1.82) is 0 Å². The van der Waals surface area contributed by atoms with E-state index in [1.54, 1.807) is 29.4 Å². The number of anilines is 1. The van der Waals surface area contributed by atoms with Gasteiger partial charge >= 0.3 is 12.0 Å². The van der Waals surface area contributed by atoms with Crippen molar-refractivity contribution in [2.45, 2.75) is 38.4 Å². The standard InChI is InChI=1S/C27H26N8O3/c36-25(37)20-8-16(12-30-27(38)35-6-5-23-24(15-35)33-34-32-23)7-19(9-20)21-13-28-26(29-14-21)31-22-10-17-3-1-2-4-18(17)11-22/h1-4,7-9,13-14,22H,5-6,10-12,15H2,(H,30,38)(H,36,37)(H,28,29,31)(H,32,33,34). The fourth-order valence-corrected chi connectivity index (χ4v) is 5.05. The van der Waals surface area contributed by atoms with E-state index in [1.807, 2.05) is 6.07 Å². The number of aromatic carboxylic acids is 1. The number of fused-ring (bicyclic) bond motifs is 2. The number of benzene rings is 2. The van der Waals surface area contributed by atoms with E-state index in [4.69, 9.17) is 0 Å². The molecule has 0 saturated carbocycles. The van der Waals surface area contributed by atoms with Gasteiger partial charge in [0.2, 0.25) is 5.95 Å². The number of aromatic amines is 1. The molecule has 38 heavy (non-hydrogen) atoms. The molecule has 4 N–H and O–H groups in total. The maximum absolute atomic E-state index is 12.7. The summed E-state index contributed by atoms with van der Waals surface area (Å²) in [5.41, 5.74) is 6.54. The summed E-state index contributed by atoms with van der Waals surface area (Å²) in [5.74, 6) is -0.515. The van der Waals surface area contributed by atoms with Crippen LogP contribution < -0.4 is 10.6 Å². The Kier molecular flexibility index (Phi) is 6.16. The van der Waals surface area contributed by atoms with E-state index in [2.05, 4.69) is 60.3 Å². The topological polar surface area (TPSA) is 149 Å². The Balaban J connectivity index is 1.13. The number of carboxylic acids is 1. The molecule has 192 valence electrons. The van der Waals surface area contributed by atoms with Crippen molar-refractivity contribution < 1.29 is 14.7 Å². The van der Waals surface area contributed by atoms with E-state index >= 15 is 0 Å². The molecule has 2 amide bonds. The molecule has 6 rings (SSSR count). The van der Waals surface area contributed by atoms with Gasteiger partial charge in [0.25, 0.3) is 0 Å². The van der Waals surface area contributed by atoms with Gasteiger partial charge in [-0.25, -0.2) is 19.6 Å². The number of carboxylic acid groups (broad SMARTS) is 1. The number of hydrogen-bond acceptors (Lipinski definition) is 7. The number of H-pyrrole nitrogens is 1. The second-order valence-electron chi connectivity index (χ2n) is 9.60. The summed E-state index contributed by atoms with van der Waals surface area (Å²) in [6.07, 6.45) is 5.88. The summed E-state index contributed by atoms with van der Waals surface area (Å²) in [7, 11) is 0. The van der Waals surface area contributed by atoms with E-state index in [-0.39, 0.29) is 24.2 Å². The number of nitrogens with zero attached hydrogens (tertiary/aromatic N) is 5. The number of carbonyl (C=O) groups excluding carboxylic acids is 1. The second-order valence-corrected chi connectivity index (χ2v) is 9.60. The zero-order valence-corrected chi connectivity index (χ0v) is 20.5. The summed E-state index contributed by atoms with van der Waals surface area (Å²) in [6, 6.07) is 13.4. The van der Waals surface area contributed by atoms with Crippen LogP contribution in [0.4, 0.5) is 10.7 Å². The molecule has 1 aliphatic heterocycles. The van der Waals surface area contributed by atoms with Crippen molar-refractivity contribution >= 4 is 17.9 Å². The fraction of sp³-hybridized carbons (Fsp3) is 0.259. The Bertz CT molecular complexity index is 1480. The first kappa shape index (κ1) is 23.6. The molecule has 2 aliphatic rings. The van der Waals surface area contributed by atoms with Crippen LogP contribution in [0.15, 0.2) is 54.9 Å². The third-order valence-electron chi connectivity index (χ3n) is 7.02. The molecule has 4 aromatic rings. The van der Waals surface area contributed by atoms with Gasteiger partial charge in [-0.1, -0.05) is 29.5 Å². The number of rotatable bonds is 6. The average Bonchev–Trinajstić information content (AvgIpc) is 3.58. The van der Waals surface area contributed by atoms with Crippen LogP contribution in [-0.2, 0) is 32.4 Å². The quantitative estimate of drug-likeness (QED) is 0.309. The van der Waals surface area contributed by atoms with Crippen molar-refractivity contribution in [2.24, 2.45) is 0 Å². The lowest BCUT2D eigenvalue weighted by molar-refractivity contribution is 0.0696. The first-order chi connectivity index (χ1) is 18.5. The Hall–Kier alpha value is -4.80. The molecular weight excluding hydrogens is 484 g/mol. The largest absolute Gasteiger partial charge is 0.478 e. The van der Waals surface area contributed by atoms with Crippen LogP contribution in [0.3, 0.4) is 0 Å². The van der Waals surface area contributed by atoms with Crippen LogP contribution in [-0.4, -0.2) is 60.0 Å². The molecule has 0 atom stereocenters. The highest BCUT2D eigenvalue weighted by molar-refractivity contribution is 5.90. The summed E-state index contributed by atoms with van der Waals surface area (Å²) in [4.78, 5) is 35.2. The first-order valence-corrected chi connectivity index (χ1v) is 12.5. The van der Waals surface area contributed by atoms with E-state index in [9.17, 15) is 14.7 Å². The average molecular weight is 511 g/mol.